The lowest BCUT2D eigenvalue weighted by molar-refractivity contribution is -0.137. The first-order valence-corrected chi connectivity index (χ1v) is 9.84. The zero-order chi connectivity index (χ0) is 20.9. The third-order valence-corrected chi connectivity index (χ3v) is 4.95. The fraction of sp³-hybridized carbons (Fsp3) is 0.350. The monoisotopic (exact) mass is 477 g/mol. The Morgan fingerprint density at radius 1 is 1.21 bits per heavy atom. The summed E-state index contributed by atoms with van der Waals surface area (Å²) in [6.45, 7) is 4.48. The highest BCUT2D eigenvalue weighted by Crippen LogP contribution is 2.34. The van der Waals surface area contributed by atoms with Gasteiger partial charge in [-0.15, -0.1) is 0 Å². The smallest absolute Gasteiger partial charge is 0.416 e. The Hall–Kier alpha value is -1.73. The Morgan fingerprint density at radius 2 is 1.93 bits per heavy atom. The molecule has 0 aromatic heterocycles. The highest BCUT2D eigenvalue weighted by molar-refractivity contribution is 9.10. The minimum absolute atomic E-state index is 0.0479. The second-order valence-electron chi connectivity index (χ2n) is 6.54. The van der Waals surface area contributed by atoms with Gasteiger partial charge in [-0.25, -0.2) is 0 Å². The van der Waals surface area contributed by atoms with Crippen LogP contribution in [-0.4, -0.2) is 12.5 Å². The third-order valence-electron chi connectivity index (χ3n) is 4.00. The van der Waals surface area contributed by atoms with Gasteiger partial charge in [0.1, 0.15) is 5.75 Å². The Kier molecular flexibility index (Phi) is 7.78. The van der Waals surface area contributed by atoms with E-state index in [1.54, 1.807) is 0 Å². The first-order valence-electron chi connectivity index (χ1n) is 8.66. The second-order valence-corrected chi connectivity index (χ2v) is 7.80. The molecule has 0 aliphatic rings. The van der Waals surface area contributed by atoms with Crippen LogP contribution in [0.15, 0.2) is 40.9 Å². The van der Waals surface area contributed by atoms with Crippen molar-refractivity contribution < 1.29 is 22.7 Å². The predicted molar refractivity (Wildman–Crippen MR) is 108 cm³/mol. The van der Waals surface area contributed by atoms with Gasteiger partial charge in [0.25, 0.3) is 0 Å². The van der Waals surface area contributed by atoms with Crippen LogP contribution in [0.1, 0.15) is 43.7 Å². The van der Waals surface area contributed by atoms with Gasteiger partial charge >= 0.3 is 6.18 Å². The topological polar surface area (TPSA) is 38.3 Å². The molecule has 0 atom stereocenters. The van der Waals surface area contributed by atoms with Gasteiger partial charge in [-0.1, -0.05) is 31.5 Å². The number of nitrogens with one attached hydrogen (secondary N) is 1. The van der Waals surface area contributed by atoms with Crippen LogP contribution in [0.5, 0.6) is 5.75 Å². The van der Waals surface area contributed by atoms with E-state index in [0.717, 1.165) is 22.7 Å². The fourth-order valence-corrected chi connectivity index (χ4v) is 3.09. The van der Waals surface area contributed by atoms with Crippen molar-refractivity contribution in [2.45, 2.75) is 38.8 Å². The van der Waals surface area contributed by atoms with Gasteiger partial charge in [0.05, 0.1) is 27.4 Å². The zero-order valence-corrected chi connectivity index (χ0v) is 17.7. The molecule has 3 nitrogen and oxygen atoms in total. The lowest BCUT2D eigenvalue weighted by Crippen LogP contribution is -2.14. The number of amides is 1. The lowest BCUT2D eigenvalue weighted by atomic mass is 10.0. The molecule has 0 fully saturated rings. The van der Waals surface area contributed by atoms with E-state index in [9.17, 15) is 18.0 Å². The van der Waals surface area contributed by atoms with Crippen molar-refractivity contribution in [3.63, 3.8) is 0 Å². The summed E-state index contributed by atoms with van der Waals surface area (Å²) in [5.74, 6) is 0.640. The van der Waals surface area contributed by atoms with Crippen LogP contribution in [0.3, 0.4) is 0 Å². The van der Waals surface area contributed by atoms with Crippen molar-refractivity contribution in [1.29, 1.82) is 0 Å². The van der Waals surface area contributed by atoms with Gasteiger partial charge in [0.15, 0.2) is 0 Å². The van der Waals surface area contributed by atoms with E-state index >= 15 is 0 Å². The molecule has 0 spiro atoms. The Morgan fingerprint density at radius 3 is 2.54 bits per heavy atom. The summed E-state index contributed by atoms with van der Waals surface area (Å²) in [6.07, 6.45) is -4.01. The number of carbonyl (C=O) groups excluding carboxylic acids is 1. The van der Waals surface area contributed by atoms with Crippen molar-refractivity contribution >= 4 is 39.1 Å². The molecule has 8 heteroatoms. The Bertz CT molecular complexity index is 841. The third kappa shape index (κ3) is 6.41. The summed E-state index contributed by atoms with van der Waals surface area (Å²) < 4.78 is 44.8. The first kappa shape index (κ1) is 22.6. The minimum Gasteiger partial charge on any atom is -0.492 e. The molecule has 1 amide bonds. The molecule has 0 aliphatic carbocycles. The summed E-state index contributed by atoms with van der Waals surface area (Å²) in [7, 11) is 0. The standard InChI is InChI=1S/C20H20BrClF3NO2/c1-12(2)13-5-8-18(15(21)10-13)28-9-3-4-19(27)26-17-11-14(20(23,24)25)6-7-16(17)22/h5-8,10-12H,3-4,9H2,1-2H3,(H,26,27). The number of benzene rings is 2. The van der Waals surface area contributed by atoms with E-state index in [0.29, 0.717) is 24.7 Å². The predicted octanol–water partition coefficient (Wildman–Crippen LogP) is 7.04. The van der Waals surface area contributed by atoms with E-state index < -0.39 is 17.6 Å². The number of ether oxygens (including phenoxy) is 1. The number of anilines is 1. The second kappa shape index (κ2) is 9.65. The SMILES string of the molecule is CC(C)c1ccc(OCCCC(=O)Nc2cc(C(F)(F)F)ccc2Cl)c(Br)c1. The van der Waals surface area contributed by atoms with Crippen LogP contribution in [0, 0.1) is 0 Å². The number of hydrogen-bond donors (Lipinski definition) is 1. The van der Waals surface area contributed by atoms with Crippen molar-refractivity contribution in [3.05, 3.63) is 57.0 Å². The van der Waals surface area contributed by atoms with Crippen LogP contribution in [0.2, 0.25) is 5.02 Å². The van der Waals surface area contributed by atoms with Gasteiger partial charge in [-0.2, -0.15) is 13.2 Å². The van der Waals surface area contributed by atoms with Crippen LogP contribution in [0.25, 0.3) is 0 Å². The first-order chi connectivity index (χ1) is 13.1. The number of carbonyl (C=O) groups is 1. The average Bonchev–Trinajstić information content (AvgIpc) is 2.60. The highest BCUT2D eigenvalue weighted by Gasteiger charge is 2.31. The largest absolute Gasteiger partial charge is 0.492 e. The van der Waals surface area contributed by atoms with E-state index in [-0.39, 0.29) is 17.1 Å². The quantitative estimate of drug-likeness (QED) is 0.433. The lowest BCUT2D eigenvalue weighted by Gasteiger charge is -2.13. The van der Waals surface area contributed by atoms with Gasteiger partial charge in [-0.05, 0) is 64.2 Å². The normalized spacial score (nSPS) is 11.6. The van der Waals surface area contributed by atoms with Crippen molar-refractivity contribution in [3.8, 4) is 5.75 Å². The molecule has 0 unspecified atom stereocenters. The van der Waals surface area contributed by atoms with E-state index in [1.165, 1.54) is 5.56 Å². The Balaban J connectivity index is 1.85. The van der Waals surface area contributed by atoms with Gasteiger partial charge in [-0.3, -0.25) is 4.79 Å². The molecule has 0 heterocycles. The number of rotatable bonds is 7. The number of halogens is 5. The molecule has 28 heavy (non-hydrogen) atoms. The molecule has 0 radical (unpaired) electrons. The fourth-order valence-electron chi connectivity index (χ4n) is 2.42. The summed E-state index contributed by atoms with van der Waals surface area (Å²) >= 11 is 9.33. The average molecular weight is 479 g/mol. The van der Waals surface area contributed by atoms with Crippen LogP contribution < -0.4 is 10.1 Å². The Labute approximate surface area is 175 Å². The maximum absolute atomic E-state index is 12.8. The molecule has 2 aromatic rings. The summed E-state index contributed by atoms with van der Waals surface area (Å²) in [5.41, 5.74) is 0.247. The maximum atomic E-state index is 12.8. The molecular weight excluding hydrogens is 459 g/mol. The van der Waals surface area contributed by atoms with Crippen LogP contribution in [-0.2, 0) is 11.0 Å². The molecule has 0 saturated heterocycles. The molecule has 152 valence electrons. The molecule has 0 saturated carbocycles. The number of hydrogen-bond acceptors (Lipinski definition) is 2. The van der Waals surface area contributed by atoms with Gasteiger partial charge < -0.3 is 10.1 Å². The molecular formula is C20H20BrClF3NO2. The summed E-state index contributed by atoms with van der Waals surface area (Å²) in [6, 6.07) is 8.64. The van der Waals surface area contributed by atoms with Crippen LogP contribution in [0.4, 0.5) is 18.9 Å². The minimum atomic E-state index is -4.50. The van der Waals surface area contributed by atoms with E-state index in [4.69, 9.17) is 16.3 Å². The summed E-state index contributed by atoms with van der Waals surface area (Å²) in [5, 5.41) is 2.46. The molecule has 0 aliphatic heterocycles. The van der Waals surface area contributed by atoms with E-state index in [2.05, 4.69) is 35.1 Å². The highest BCUT2D eigenvalue weighted by atomic mass is 79.9. The number of alkyl halides is 3. The maximum Gasteiger partial charge on any atom is 0.416 e. The van der Waals surface area contributed by atoms with Crippen molar-refractivity contribution in [1.82, 2.24) is 0 Å². The molecule has 2 aromatic carbocycles. The van der Waals surface area contributed by atoms with Crippen molar-refractivity contribution in [2.24, 2.45) is 0 Å². The van der Waals surface area contributed by atoms with E-state index in [1.807, 2.05) is 18.2 Å². The van der Waals surface area contributed by atoms with Crippen molar-refractivity contribution in [2.75, 3.05) is 11.9 Å². The summed E-state index contributed by atoms with van der Waals surface area (Å²) in [4.78, 5) is 12.0. The van der Waals surface area contributed by atoms with Crippen LogP contribution >= 0.6 is 27.5 Å². The van der Waals surface area contributed by atoms with Gasteiger partial charge in [0.2, 0.25) is 5.91 Å². The van der Waals surface area contributed by atoms with Gasteiger partial charge in [0, 0.05) is 6.42 Å². The molecule has 1 N–H and O–H groups in total. The molecule has 2 rings (SSSR count). The zero-order valence-electron chi connectivity index (χ0n) is 15.4. The molecule has 0 bridgehead atoms.